The molecule has 0 aliphatic rings. The summed E-state index contributed by atoms with van der Waals surface area (Å²) in [6.45, 7) is 3.69. The number of aliphatic hydroxyl groups excluding tert-OH is 1. The number of nitrogens with zero attached hydrogens (tertiary/aromatic N) is 3. The summed E-state index contributed by atoms with van der Waals surface area (Å²) in [5.41, 5.74) is 2.39. The molecule has 26 heavy (non-hydrogen) atoms. The molecule has 1 aromatic carbocycles. The predicted molar refractivity (Wildman–Crippen MR) is 101 cm³/mol. The first-order valence-corrected chi connectivity index (χ1v) is 9.89. The number of halogens is 1. The topological polar surface area (TPSA) is 83.4 Å². The number of rotatable bonds is 6. The molecule has 2 aromatic rings. The standard InChI is InChI=1S/C18H22FN3O3S/c1-12(2)16-15(6-5-11-23)17(13-7-9-14(19)10-8-13)21-18(20-16)22(3)26(4,24)25/h5-10,12,23H,11H2,1-4H3/b6-5+. The summed E-state index contributed by atoms with van der Waals surface area (Å²) < 4.78 is 38.1. The highest BCUT2D eigenvalue weighted by Crippen LogP contribution is 2.31. The van der Waals surface area contributed by atoms with Crippen LogP contribution in [0, 0.1) is 5.82 Å². The molecule has 0 bridgehead atoms. The van der Waals surface area contributed by atoms with Gasteiger partial charge < -0.3 is 5.11 Å². The van der Waals surface area contributed by atoms with Crippen molar-refractivity contribution in [1.29, 1.82) is 0 Å². The van der Waals surface area contributed by atoms with Gasteiger partial charge in [-0.05, 0) is 30.2 Å². The average Bonchev–Trinajstić information content (AvgIpc) is 2.58. The normalized spacial score (nSPS) is 12.1. The zero-order chi connectivity index (χ0) is 19.5. The molecule has 6 nitrogen and oxygen atoms in total. The number of aliphatic hydroxyl groups is 1. The number of hydrogen-bond acceptors (Lipinski definition) is 5. The van der Waals surface area contributed by atoms with Crippen LogP contribution in [0.5, 0.6) is 0 Å². The van der Waals surface area contributed by atoms with Gasteiger partial charge in [0, 0.05) is 18.2 Å². The zero-order valence-electron chi connectivity index (χ0n) is 15.1. The van der Waals surface area contributed by atoms with E-state index in [1.54, 1.807) is 24.3 Å². The minimum absolute atomic E-state index is 0.0257. The van der Waals surface area contributed by atoms with Crippen molar-refractivity contribution in [2.24, 2.45) is 0 Å². The molecule has 0 amide bonds. The zero-order valence-corrected chi connectivity index (χ0v) is 16.0. The van der Waals surface area contributed by atoms with Crippen LogP contribution in [0.4, 0.5) is 10.3 Å². The highest BCUT2D eigenvalue weighted by molar-refractivity contribution is 7.92. The van der Waals surface area contributed by atoms with Crippen molar-refractivity contribution in [2.75, 3.05) is 24.2 Å². The summed E-state index contributed by atoms with van der Waals surface area (Å²) in [6, 6.07) is 5.77. The minimum Gasteiger partial charge on any atom is -0.392 e. The van der Waals surface area contributed by atoms with E-state index in [2.05, 4.69) is 9.97 Å². The fourth-order valence-corrected chi connectivity index (χ4v) is 2.74. The van der Waals surface area contributed by atoms with Gasteiger partial charge in [0.1, 0.15) is 5.82 Å². The Labute approximate surface area is 153 Å². The van der Waals surface area contributed by atoms with Gasteiger partial charge in [-0.2, -0.15) is 0 Å². The van der Waals surface area contributed by atoms with Crippen LogP contribution < -0.4 is 4.31 Å². The second kappa shape index (κ2) is 7.92. The van der Waals surface area contributed by atoms with Crippen LogP contribution in [0.1, 0.15) is 31.0 Å². The lowest BCUT2D eigenvalue weighted by Crippen LogP contribution is -2.27. The van der Waals surface area contributed by atoms with Gasteiger partial charge in [0.05, 0.1) is 24.3 Å². The monoisotopic (exact) mass is 379 g/mol. The van der Waals surface area contributed by atoms with E-state index in [0.29, 0.717) is 22.5 Å². The van der Waals surface area contributed by atoms with Gasteiger partial charge in [-0.15, -0.1) is 0 Å². The van der Waals surface area contributed by atoms with E-state index in [1.807, 2.05) is 13.8 Å². The van der Waals surface area contributed by atoms with Crippen molar-refractivity contribution in [2.45, 2.75) is 19.8 Å². The second-order valence-corrected chi connectivity index (χ2v) is 8.16. The molecule has 1 heterocycles. The van der Waals surface area contributed by atoms with Crippen LogP contribution >= 0.6 is 0 Å². The Morgan fingerprint density at radius 2 is 1.85 bits per heavy atom. The van der Waals surface area contributed by atoms with E-state index in [-0.39, 0.29) is 24.3 Å². The smallest absolute Gasteiger partial charge is 0.239 e. The molecule has 2 rings (SSSR count). The molecule has 0 saturated heterocycles. The predicted octanol–water partition coefficient (Wildman–Crippen LogP) is 2.81. The first kappa shape index (κ1) is 20.0. The molecule has 0 fully saturated rings. The molecular weight excluding hydrogens is 357 g/mol. The summed E-state index contributed by atoms with van der Waals surface area (Å²) in [4.78, 5) is 8.84. The van der Waals surface area contributed by atoms with Crippen molar-refractivity contribution >= 4 is 22.0 Å². The maximum Gasteiger partial charge on any atom is 0.239 e. The van der Waals surface area contributed by atoms with Gasteiger partial charge in [0.2, 0.25) is 16.0 Å². The Morgan fingerprint density at radius 1 is 1.23 bits per heavy atom. The third kappa shape index (κ3) is 4.44. The second-order valence-electron chi connectivity index (χ2n) is 6.15. The van der Waals surface area contributed by atoms with Crippen molar-refractivity contribution in [3.63, 3.8) is 0 Å². The van der Waals surface area contributed by atoms with Crippen molar-refractivity contribution in [1.82, 2.24) is 9.97 Å². The van der Waals surface area contributed by atoms with Gasteiger partial charge in [-0.25, -0.2) is 27.1 Å². The number of sulfonamides is 1. The van der Waals surface area contributed by atoms with E-state index >= 15 is 0 Å². The summed E-state index contributed by atoms with van der Waals surface area (Å²) in [5.74, 6) is -0.369. The van der Waals surface area contributed by atoms with Crippen LogP contribution in [0.3, 0.4) is 0 Å². The maximum absolute atomic E-state index is 13.3. The molecule has 0 aliphatic carbocycles. The van der Waals surface area contributed by atoms with Crippen molar-refractivity contribution in [3.05, 3.63) is 47.4 Å². The van der Waals surface area contributed by atoms with E-state index < -0.39 is 10.0 Å². The van der Waals surface area contributed by atoms with Crippen molar-refractivity contribution in [3.8, 4) is 11.3 Å². The van der Waals surface area contributed by atoms with Gasteiger partial charge in [-0.3, -0.25) is 0 Å². The average molecular weight is 379 g/mol. The summed E-state index contributed by atoms with van der Waals surface area (Å²) in [6.07, 6.45) is 4.32. The van der Waals surface area contributed by atoms with Crippen LogP contribution in [-0.4, -0.2) is 43.4 Å². The Balaban J connectivity index is 2.81. The Hall–Kier alpha value is -2.32. The molecule has 140 valence electrons. The molecule has 1 aromatic heterocycles. The molecule has 0 aliphatic heterocycles. The highest BCUT2D eigenvalue weighted by Gasteiger charge is 2.21. The minimum atomic E-state index is -3.54. The fourth-order valence-electron chi connectivity index (χ4n) is 2.37. The Bertz CT molecular complexity index is 910. The largest absolute Gasteiger partial charge is 0.392 e. The van der Waals surface area contributed by atoms with E-state index in [0.717, 1.165) is 10.6 Å². The van der Waals surface area contributed by atoms with Crippen LogP contribution in [-0.2, 0) is 10.0 Å². The molecular formula is C18H22FN3O3S. The molecule has 0 spiro atoms. The number of benzene rings is 1. The lowest BCUT2D eigenvalue weighted by atomic mass is 9.98. The number of hydrogen-bond donors (Lipinski definition) is 1. The molecule has 0 saturated carbocycles. The van der Waals surface area contributed by atoms with Gasteiger partial charge >= 0.3 is 0 Å². The molecule has 0 unspecified atom stereocenters. The summed E-state index contributed by atoms with van der Waals surface area (Å²) in [5, 5.41) is 9.14. The molecule has 1 N–H and O–H groups in total. The Morgan fingerprint density at radius 3 is 2.35 bits per heavy atom. The van der Waals surface area contributed by atoms with Gasteiger partial charge in [0.25, 0.3) is 0 Å². The first-order chi connectivity index (χ1) is 12.1. The van der Waals surface area contributed by atoms with E-state index in [9.17, 15) is 12.8 Å². The number of aromatic nitrogens is 2. The summed E-state index contributed by atoms with van der Waals surface area (Å²) >= 11 is 0. The van der Waals surface area contributed by atoms with Crippen LogP contribution in [0.2, 0.25) is 0 Å². The van der Waals surface area contributed by atoms with Crippen molar-refractivity contribution < 1.29 is 17.9 Å². The van der Waals surface area contributed by atoms with Crippen LogP contribution in [0.15, 0.2) is 30.3 Å². The molecule has 0 atom stereocenters. The van der Waals surface area contributed by atoms with Crippen LogP contribution in [0.25, 0.3) is 17.3 Å². The first-order valence-electron chi connectivity index (χ1n) is 8.04. The Kier molecular flexibility index (Phi) is 6.09. The SMILES string of the molecule is CC(C)c1nc(N(C)S(C)(=O)=O)nc(-c2ccc(F)cc2)c1/C=C/CO. The fraction of sp³-hybridized carbons (Fsp3) is 0.333. The lowest BCUT2D eigenvalue weighted by molar-refractivity contribution is 0.343. The molecule has 8 heteroatoms. The van der Waals surface area contributed by atoms with E-state index in [1.165, 1.54) is 19.2 Å². The van der Waals surface area contributed by atoms with Gasteiger partial charge in [-0.1, -0.05) is 26.0 Å². The number of anilines is 1. The third-order valence-electron chi connectivity index (χ3n) is 3.80. The quantitative estimate of drug-likeness (QED) is 0.834. The third-order valence-corrected chi connectivity index (χ3v) is 4.96. The highest BCUT2D eigenvalue weighted by atomic mass is 32.2. The van der Waals surface area contributed by atoms with E-state index in [4.69, 9.17) is 5.11 Å². The maximum atomic E-state index is 13.3. The molecule has 0 radical (unpaired) electrons. The lowest BCUT2D eigenvalue weighted by Gasteiger charge is -2.20. The summed E-state index contributed by atoms with van der Waals surface area (Å²) in [7, 11) is -2.16. The van der Waals surface area contributed by atoms with Gasteiger partial charge in [0.15, 0.2) is 0 Å².